The highest BCUT2D eigenvalue weighted by atomic mass is 32.2. The average molecular weight is 246 g/mol. The summed E-state index contributed by atoms with van der Waals surface area (Å²) >= 11 is 1.65. The van der Waals surface area contributed by atoms with Gasteiger partial charge in [-0.25, -0.2) is 0 Å². The van der Waals surface area contributed by atoms with Gasteiger partial charge in [0.2, 0.25) is 0 Å². The van der Waals surface area contributed by atoms with Crippen LogP contribution in [0.25, 0.3) is 0 Å². The van der Waals surface area contributed by atoms with Gasteiger partial charge in [-0.2, -0.15) is 11.8 Å². The molecular formula is C12H22O3S. The molecule has 0 aromatic rings. The number of carbonyl (C=O) groups is 2. The molecule has 94 valence electrons. The summed E-state index contributed by atoms with van der Waals surface area (Å²) < 4.78 is 4.75. The maximum Gasteiger partial charge on any atom is 0.306 e. The number of rotatable bonds is 9. The largest absolute Gasteiger partial charge is 0.466 e. The first-order chi connectivity index (χ1) is 7.56. The zero-order valence-corrected chi connectivity index (χ0v) is 11.3. The fourth-order valence-corrected chi connectivity index (χ4v) is 2.21. The first kappa shape index (κ1) is 15.5. The van der Waals surface area contributed by atoms with Crippen LogP contribution in [0.5, 0.6) is 0 Å². The lowest BCUT2D eigenvalue weighted by atomic mass is 10.2. The summed E-state index contributed by atoms with van der Waals surface area (Å²) in [5.74, 6) is 2.08. The smallest absolute Gasteiger partial charge is 0.306 e. The molecule has 0 unspecified atom stereocenters. The first-order valence-electron chi connectivity index (χ1n) is 5.81. The Hall–Kier alpha value is -0.510. The van der Waals surface area contributed by atoms with E-state index in [4.69, 9.17) is 4.74 Å². The molecule has 0 atom stereocenters. The molecule has 0 amide bonds. The van der Waals surface area contributed by atoms with Crippen LogP contribution in [0.3, 0.4) is 0 Å². The third-order valence-corrected chi connectivity index (χ3v) is 3.07. The quantitative estimate of drug-likeness (QED) is 0.463. The highest BCUT2D eigenvalue weighted by molar-refractivity contribution is 7.99. The van der Waals surface area contributed by atoms with E-state index in [0.29, 0.717) is 24.7 Å². The normalized spacial score (nSPS) is 10.5. The Bertz CT molecular complexity index is 214. The zero-order chi connectivity index (χ0) is 12.4. The summed E-state index contributed by atoms with van der Waals surface area (Å²) in [6.07, 6.45) is 1.67. The lowest BCUT2D eigenvalue weighted by Gasteiger charge is -2.04. The van der Waals surface area contributed by atoms with Crippen molar-refractivity contribution in [1.29, 1.82) is 0 Å². The van der Waals surface area contributed by atoms with Gasteiger partial charge in [0.05, 0.1) is 18.8 Å². The van der Waals surface area contributed by atoms with Gasteiger partial charge in [-0.1, -0.05) is 13.8 Å². The van der Waals surface area contributed by atoms with Crippen molar-refractivity contribution < 1.29 is 14.3 Å². The number of hydrogen-bond donors (Lipinski definition) is 0. The second kappa shape index (κ2) is 9.70. The number of carbonyl (C=O) groups excluding carboxylic acids is 2. The van der Waals surface area contributed by atoms with Crippen molar-refractivity contribution in [2.75, 3.05) is 18.1 Å². The molecule has 0 saturated heterocycles. The Labute approximate surface area is 102 Å². The summed E-state index contributed by atoms with van der Waals surface area (Å²) in [4.78, 5) is 22.4. The van der Waals surface area contributed by atoms with Crippen LogP contribution in [0.4, 0.5) is 0 Å². The highest BCUT2D eigenvalue weighted by Crippen LogP contribution is 2.09. The minimum absolute atomic E-state index is 0.141. The number of Topliss-reactive ketones (excluding diaryl/α,β-unsaturated/α-hetero) is 1. The second-order valence-corrected chi connectivity index (χ2v) is 5.18. The molecule has 0 aliphatic heterocycles. The number of ketones is 1. The molecular weight excluding hydrogens is 224 g/mol. The van der Waals surface area contributed by atoms with Gasteiger partial charge >= 0.3 is 5.97 Å². The standard InChI is InChI=1S/C12H22O3S/c1-4-15-12(14)6-5-11(13)9-16-8-7-10(2)3/h10H,4-9H2,1-3H3. The van der Waals surface area contributed by atoms with Crippen LogP contribution in [0.15, 0.2) is 0 Å². The van der Waals surface area contributed by atoms with Crippen molar-refractivity contribution >= 4 is 23.5 Å². The Morgan fingerprint density at radius 3 is 2.50 bits per heavy atom. The Morgan fingerprint density at radius 2 is 1.94 bits per heavy atom. The van der Waals surface area contributed by atoms with Gasteiger partial charge in [-0.05, 0) is 25.0 Å². The first-order valence-corrected chi connectivity index (χ1v) is 6.96. The molecule has 16 heavy (non-hydrogen) atoms. The van der Waals surface area contributed by atoms with E-state index >= 15 is 0 Å². The SMILES string of the molecule is CCOC(=O)CCC(=O)CSCCC(C)C. The lowest BCUT2D eigenvalue weighted by Crippen LogP contribution is -2.09. The average Bonchev–Trinajstić information content (AvgIpc) is 2.22. The molecule has 0 aromatic heterocycles. The van der Waals surface area contributed by atoms with Crippen molar-refractivity contribution in [1.82, 2.24) is 0 Å². The van der Waals surface area contributed by atoms with Crippen LogP contribution in [-0.4, -0.2) is 29.9 Å². The third kappa shape index (κ3) is 10.0. The van der Waals surface area contributed by atoms with Gasteiger partial charge in [-0.3, -0.25) is 9.59 Å². The fraction of sp³-hybridized carbons (Fsp3) is 0.833. The summed E-state index contributed by atoms with van der Waals surface area (Å²) in [7, 11) is 0. The van der Waals surface area contributed by atoms with E-state index < -0.39 is 0 Å². The van der Waals surface area contributed by atoms with Crippen molar-refractivity contribution in [2.24, 2.45) is 5.92 Å². The molecule has 0 radical (unpaired) electrons. The minimum Gasteiger partial charge on any atom is -0.466 e. The maximum absolute atomic E-state index is 11.4. The molecule has 4 heteroatoms. The predicted octanol–water partition coefficient (Wildman–Crippen LogP) is 2.68. The monoisotopic (exact) mass is 246 g/mol. The molecule has 3 nitrogen and oxygen atoms in total. The summed E-state index contributed by atoms with van der Waals surface area (Å²) in [5, 5.41) is 0. The van der Waals surface area contributed by atoms with E-state index in [-0.39, 0.29) is 18.2 Å². The van der Waals surface area contributed by atoms with Gasteiger partial charge in [0, 0.05) is 6.42 Å². The van der Waals surface area contributed by atoms with Gasteiger partial charge in [-0.15, -0.1) is 0 Å². The summed E-state index contributed by atoms with van der Waals surface area (Å²) in [5.41, 5.74) is 0. The van der Waals surface area contributed by atoms with Crippen molar-refractivity contribution in [3.63, 3.8) is 0 Å². The molecule has 0 bridgehead atoms. The summed E-state index contributed by atoms with van der Waals surface area (Å²) in [6.45, 7) is 6.49. The van der Waals surface area contributed by atoms with E-state index in [1.807, 2.05) is 0 Å². The highest BCUT2D eigenvalue weighted by Gasteiger charge is 2.07. The van der Waals surface area contributed by atoms with Crippen molar-refractivity contribution in [2.45, 2.75) is 40.0 Å². The van der Waals surface area contributed by atoms with Crippen LogP contribution in [0.2, 0.25) is 0 Å². The Morgan fingerprint density at radius 1 is 1.25 bits per heavy atom. The number of ether oxygens (including phenoxy) is 1. The molecule has 0 aliphatic rings. The molecule has 0 spiro atoms. The van der Waals surface area contributed by atoms with Crippen LogP contribution < -0.4 is 0 Å². The lowest BCUT2D eigenvalue weighted by molar-refractivity contribution is -0.144. The van der Waals surface area contributed by atoms with Crippen LogP contribution in [-0.2, 0) is 14.3 Å². The number of thioether (sulfide) groups is 1. The van der Waals surface area contributed by atoms with E-state index in [2.05, 4.69) is 13.8 Å². The van der Waals surface area contributed by atoms with Crippen LogP contribution in [0, 0.1) is 5.92 Å². The molecule has 0 fully saturated rings. The Kier molecular flexibility index (Phi) is 9.39. The molecule has 0 heterocycles. The van der Waals surface area contributed by atoms with Gasteiger partial charge in [0.1, 0.15) is 5.78 Å². The predicted molar refractivity (Wildman–Crippen MR) is 67.7 cm³/mol. The zero-order valence-electron chi connectivity index (χ0n) is 10.5. The van der Waals surface area contributed by atoms with E-state index in [0.717, 1.165) is 12.2 Å². The maximum atomic E-state index is 11.4. The molecule has 0 aromatic carbocycles. The topological polar surface area (TPSA) is 43.4 Å². The van der Waals surface area contributed by atoms with E-state index in [1.54, 1.807) is 18.7 Å². The molecule has 0 aliphatic carbocycles. The molecule has 0 saturated carbocycles. The van der Waals surface area contributed by atoms with Crippen LogP contribution in [0.1, 0.15) is 40.0 Å². The van der Waals surface area contributed by atoms with E-state index in [1.165, 1.54) is 0 Å². The second-order valence-electron chi connectivity index (χ2n) is 4.08. The van der Waals surface area contributed by atoms with Crippen molar-refractivity contribution in [3.8, 4) is 0 Å². The van der Waals surface area contributed by atoms with Crippen LogP contribution >= 0.6 is 11.8 Å². The number of esters is 1. The Balaban J connectivity index is 3.41. The third-order valence-electron chi connectivity index (χ3n) is 2.02. The fourth-order valence-electron chi connectivity index (χ4n) is 1.05. The minimum atomic E-state index is -0.275. The number of hydrogen-bond acceptors (Lipinski definition) is 4. The van der Waals surface area contributed by atoms with Gasteiger partial charge in [0.15, 0.2) is 0 Å². The van der Waals surface area contributed by atoms with Gasteiger partial charge in [0.25, 0.3) is 0 Å². The van der Waals surface area contributed by atoms with Crippen molar-refractivity contribution in [3.05, 3.63) is 0 Å². The van der Waals surface area contributed by atoms with E-state index in [9.17, 15) is 9.59 Å². The molecule has 0 N–H and O–H groups in total. The van der Waals surface area contributed by atoms with Gasteiger partial charge < -0.3 is 4.74 Å². The summed E-state index contributed by atoms with van der Waals surface area (Å²) in [6, 6.07) is 0. The molecule has 0 rings (SSSR count).